The van der Waals surface area contributed by atoms with E-state index in [1.165, 1.54) is 81.2 Å². The highest BCUT2D eigenvalue weighted by Gasteiger charge is 2.59. The van der Waals surface area contributed by atoms with Crippen molar-refractivity contribution >= 4 is 11.7 Å². The van der Waals surface area contributed by atoms with Crippen molar-refractivity contribution in [2.45, 2.75) is 111 Å². The number of rotatable bonds is 8. The normalized spacial score (nSPS) is 36.4. The molecule has 3 saturated carbocycles. The SMILES string of the molecule is CC(C)CCC[C@@H](C)[C@H]1CC[C@@H]2[C@@H]3CC=C4C[C@H](OC(=O)c5ccc([N+](=O)[O-])cc5)CC[C@]4(C)[C@@H]3CC[C@@]21C. The summed E-state index contributed by atoms with van der Waals surface area (Å²) in [6.45, 7) is 12.4. The third-order valence-corrected chi connectivity index (χ3v) is 11.8. The van der Waals surface area contributed by atoms with Gasteiger partial charge in [-0.15, -0.1) is 0 Å². The Morgan fingerprint density at radius 2 is 1.77 bits per heavy atom. The number of benzene rings is 1. The van der Waals surface area contributed by atoms with E-state index in [1.807, 2.05) is 0 Å². The lowest BCUT2D eigenvalue weighted by atomic mass is 9.47. The van der Waals surface area contributed by atoms with Crippen molar-refractivity contribution in [2.24, 2.45) is 46.3 Å². The van der Waals surface area contributed by atoms with Gasteiger partial charge in [0.05, 0.1) is 10.5 Å². The predicted octanol–water partition coefficient (Wildman–Crippen LogP) is 9.16. The molecule has 0 radical (unpaired) electrons. The molecule has 214 valence electrons. The number of non-ortho nitro benzene ring substituents is 1. The first kappa shape index (κ1) is 28.4. The van der Waals surface area contributed by atoms with Crippen molar-refractivity contribution < 1.29 is 14.5 Å². The minimum atomic E-state index is -0.450. The van der Waals surface area contributed by atoms with Crippen LogP contribution in [0.1, 0.15) is 116 Å². The molecule has 0 spiro atoms. The molecule has 0 saturated heterocycles. The van der Waals surface area contributed by atoms with E-state index < -0.39 is 4.92 Å². The molecule has 5 nitrogen and oxygen atoms in total. The van der Waals surface area contributed by atoms with Gasteiger partial charge in [0, 0.05) is 18.6 Å². The first-order chi connectivity index (χ1) is 18.5. The lowest BCUT2D eigenvalue weighted by Crippen LogP contribution is -2.51. The van der Waals surface area contributed by atoms with E-state index in [4.69, 9.17) is 4.74 Å². The average Bonchev–Trinajstić information content (AvgIpc) is 3.26. The second kappa shape index (κ2) is 11.0. The van der Waals surface area contributed by atoms with Crippen LogP contribution in [0.3, 0.4) is 0 Å². The summed E-state index contributed by atoms with van der Waals surface area (Å²) in [6.07, 6.45) is 16.1. The summed E-state index contributed by atoms with van der Waals surface area (Å²) in [7, 11) is 0. The van der Waals surface area contributed by atoms with Gasteiger partial charge in [-0.1, -0.05) is 65.5 Å². The Hall–Kier alpha value is -2.17. The number of ether oxygens (including phenoxy) is 1. The van der Waals surface area contributed by atoms with Crippen molar-refractivity contribution in [3.05, 3.63) is 51.6 Å². The first-order valence-corrected chi connectivity index (χ1v) is 15.7. The summed E-state index contributed by atoms with van der Waals surface area (Å²) in [5.41, 5.74) is 2.60. The molecule has 0 unspecified atom stereocenters. The molecule has 5 heteroatoms. The van der Waals surface area contributed by atoms with Crippen molar-refractivity contribution in [1.82, 2.24) is 0 Å². The number of fused-ring (bicyclic) bond motifs is 5. The zero-order chi connectivity index (χ0) is 27.9. The summed E-state index contributed by atoms with van der Waals surface area (Å²) < 4.78 is 5.93. The molecule has 0 N–H and O–H groups in total. The molecule has 0 heterocycles. The smallest absolute Gasteiger partial charge is 0.338 e. The Bertz CT molecular complexity index is 1090. The van der Waals surface area contributed by atoms with Gasteiger partial charge in [0.2, 0.25) is 0 Å². The number of hydrogen-bond acceptors (Lipinski definition) is 4. The summed E-state index contributed by atoms with van der Waals surface area (Å²) in [6, 6.07) is 5.73. The fourth-order valence-corrected chi connectivity index (χ4v) is 9.69. The number of allylic oxidation sites excluding steroid dienone is 1. The predicted molar refractivity (Wildman–Crippen MR) is 155 cm³/mol. The first-order valence-electron chi connectivity index (χ1n) is 15.7. The number of nitro benzene ring substituents is 1. The van der Waals surface area contributed by atoms with Crippen LogP contribution in [0.5, 0.6) is 0 Å². The summed E-state index contributed by atoms with van der Waals surface area (Å²) in [4.78, 5) is 23.3. The topological polar surface area (TPSA) is 69.4 Å². The molecule has 4 aliphatic carbocycles. The number of nitrogens with zero attached hydrogens (tertiary/aromatic N) is 1. The van der Waals surface area contributed by atoms with E-state index in [0.717, 1.165) is 54.8 Å². The Morgan fingerprint density at radius 1 is 1.03 bits per heavy atom. The van der Waals surface area contributed by atoms with E-state index in [1.54, 1.807) is 0 Å². The van der Waals surface area contributed by atoms with Crippen LogP contribution in [-0.2, 0) is 4.74 Å². The highest BCUT2D eigenvalue weighted by atomic mass is 16.6. The molecule has 4 aliphatic rings. The fraction of sp³-hybridized carbons (Fsp3) is 0.735. The molecular weight excluding hydrogens is 486 g/mol. The van der Waals surface area contributed by atoms with Gasteiger partial charge < -0.3 is 4.74 Å². The van der Waals surface area contributed by atoms with Crippen molar-refractivity contribution in [3.8, 4) is 0 Å². The standard InChI is InChI=1S/C34H49NO4/c1-22(2)7-6-8-23(3)29-15-16-30-28-14-11-25-21-27(17-19-33(25,4)31(28)18-20-34(29,30)5)39-32(36)24-9-12-26(13-10-24)35(37)38/h9-13,22-23,27-31H,6-8,14-21H2,1-5H3/t23-,27-,28+,29-,30-,31-,33+,34-/m1/s1. The number of esters is 1. The number of hydrogen-bond donors (Lipinski definition) is 0. The van der Waals surface area contributed by atoms with Gasteiger partial charge in [0.15, 0.2) is 0 Å². The summed E-state index contributed by atoms with van der Waals surface area (Å²) in [5.74, 6) is 4.54. The molecule has 8 atom stereocenters. The third kappa shape index (κ3) is 5.32. The van der Waals surface area contributed by atoms with E-state index in [2.05, 4.69) is 40.7 Å². The van der Waals surface area contributed by atoms with Crippen LogP contribution in [0.4, 0.5) is 5.69 Å². The Labute approximate surface area is 235 Å². The van der Waals surface area contributed by atoms with Gasteiger partial charge >= 0.3 is 5.97 Å². The zero-order valence-electron chi connectivity index (χ0n) is 24.8. The zero-order valence-corrected chi connectivity index (χ0v) is 24.8. The lowest BCUT2D eigenvalue weighted by Gasteiger charge is -2.58. The highest BCUT2D eigenvalue weighted by molar-refractivity contribution is 5.89. The van der Waals surface area contributed by atoms with E-state index >= 15 is 0 Å². The molecule has 5 rings (SSSR count). The fourth-order valence-electron chi connectivity index (χ4n) is 9.69. The minimum absolute atomic E-state index is 0.0142. The molecule has 1 aromatic rings. The van der Waals surface area contributed by atoms with E-state index in [0.29, 0.717) is 11.0 Å². The lowest BCUT2D eigenvalue weighted by molar-refractivity contribution is -0.384. The molecule has 0 bridgehead atoms. The van der Waals surface area contributed by atoms with Crippen LogP contribution >= 0.6 is 0 Å². The van der Waals surface area contributed by atoms with Gasteiger partial charge in [0.1, 0.15) is 6.10 Å². The van der Waals surface area contributed by atoms with Crippen molar-refractivity contribution in [3.63, 3.8) is 0 Å². The maximum absolute atomic E-state index is 12.8. The Balaban J connectivity index is 1.23. The molecule has 0 amide bonds. The van der Waals surface area contributed by atoms with Crippen LogP contribution in [0.2, 0.25) is 0 Å². The monoisotopic (exact) mass is 535 g/mol. The van der Waals surface area contributed by atoms with E-state index in [9.17, 15) is 14.9 Å². The maximum atomic E-state index is 12.8. The molecule has 39 heavy (non-hydrogen) atoms. The highest BCUT2D eigenvalue weighted by Crippen LogP contribution is 2.67. The van der Waals surface area contributed by atoms with Gasteiger partial charge in [0.25, 0.3) is 5.69 Å². The largest absolute Gasteiger partial charge is 0.458 e. The molecule has 0 aromatic heterocycles. The van der Waals surface area contributed by atoms with Crippen LogP contribution in [0, 0.1) is 56.5 Å². The van der Waals surface area contributed by atoms with E-state index in [-0.39, 0.29) is 23.2 Å². The number of carbonyl (C=O) groups excluding carboxylic acids is 1. The minimum Gasteiger partial charge on any atom is -0.458 e. The van der Waals surface area contributed by atoms with Crippen LogP contribution in [0.15, 0.2) is 35.9 Å². The van der Waals surface area contributed by atoms with Crippen LogP contribution < -0.4 is 0 Å². The number of nitro groups is 1. The maximum Gasteiger partial charge on any atom is 0.338 e. The quantitative estimate of drug-likeness (QED) is 0.144. The summed E-state index contributed by atoms with van der Waals surface area (Å²) in [5, 5.41) is 10.9. The Kier molecular flexibility index (Phi) is 8.01. The summed E-state index contributed by atoms with van der Waals surface area (Å²) >= 11 is 0. The number of carbonyl (C=O) groups is 1. The second-order valence-electron chi connectivity index (χ2n) is 14.4. The molecular formula is C34H49NO4. The van der Waals surface area contributed by atoms with Gasteiger partial charge in [-0.3, -0.25) is 10.1 Å². The average molecular weight is 536 g/mol. The molecule has 3 fully saturated rings. The molecule has 1 aromatic carbocycles. The van der Waals surface area contributed by atoms with Crippen molar-refractivity contribution in [2.75, 3.05) is 0 Å². The third-order valence-electron chi connectivity index (χ3n) is 11.8. The second-order valence-corrected chi connectivity index (χ2v) is 14.4. The van der Waals surface area contributed by atoms with Crippen molar-refractivity contribution in [1.29, 1.82) is 0 Å². The van der Waals surface area contributed by atoms with Gasteiger partial charge in [-0.05, 0) is 103 Å². The Morgan fingerprint density at radius 3 is 2.46 bits per heavy atom. The van der Waals surface area contributed by atoms with Crippen LogP contribution in [0.25, 0.3) is 0 Å². The van der Waals surface area contributed by atoms with Crippen LogP contribution in [-0.4, -0.2) is 17.0 Å². The van der Waals surface area contributed by atoms with Gasteiger partial charge in [-0.2, -0.15) is 0 Å². The molecule has 0 aliphatic heterocycles. The van der Waals surface area contributed by atoms with Gasteiger partial charge in [-0.25, -0.2) is 4.79 Å².